The Hall–Kier alpha value is -2.37. The van der Waals surface area contributed by atoms with Crippen molar-refractivity contribution < 1.29 is 14.7 Å². The van der Waals surface area contributed by atoms with E-state index in [1.54, 1.807) is 18.3 Å². The number of carboxylic acids is 1. The summed E-state index contributed by atoms with van der Waals surface area (Å²) in [5, 5.41) is 12.2. The van der Waals surface area contributed by atoms with Crippen molar-refractivity contribution in [2.45, 2.75) is 51.0 Å². The molecule has 6 nitrogen and oxygen atoms in total. The highest BCUT2D eigenvalue weighted by molar-refractivity contribution is 5.95. The molecule has 122 valence electrons. The lowest BCUT2D eigenvalue weighted by Crippen LogP contribution is -2.51. The molecule has 0 radical (unpaired) electrons. The SMILES string of the molecule is Cc1cnc2cc(C(=O)NC3(CC(=O)O)CCCCC3)ccn12. The number of aromatic nitrogens is 2. The van der Waals surface area contributed by atoms with Crippen LogP contribution < -0.4 is 5.32 Å². The number of carboxylic acid groups (broad SMARTS) is 1. The van der Waals surface area contributed by atoms with Gasteiger partial charge in [-0.3, -0.25) is 9.59 Å². The van der Waals surface area contributed by atoms with Crippen LogP contribution in [0, 0.1) is 6.92 Å². The van der Waals surface area contributed by atoms with E-state index in [1.165, 1.54) is 0 Å². The fraction of sp³-hybridized carbons (Fsp3) is 0.471. The second-order valence-electron chi connectivity index (χ2n) is 6.41. The van der Waals surface area contributed by atoms with E-state index in [1.807, 2.05) is 17.5 Å². The maximum atomic E-state index is 12.6. The van der Waals surface area contributed by atoms with Crippen molar-refractivity contribution in [1.29, 1.82) is 0 Å². The summed E-state index contributed by atoms with van der Waals surface area (Å²) >= 11 is 0. The topological polar surface area (TPSA) is 83.7 Å². The summed E-state index contributed by atoms with van der Waals surface area (Å²) in [6.07, 6.45) is 7.98. The van der Waals surface area contributed by atoms with E-state index in [4.69, 9.17) is 0 Å². The molecule has 2 N–H and O–H groups in total. The Morgan fingerprint density at radius 2 is 2.09 bits per heavy atom. The number of nitrogens with zero attached hydrogens (tertiary/aromatic N) is 2. The minimum absolute atomic E-state index is 0.0243. The van der Waals surface area contributed by atoms with Crippen molar-refractivity contribution in [3.05, 3.63) is 35.8 Å². The van der Waals surface area contributed by atoms with Gasteiger partial charge in [0.2, 0.25) is 0 Å². The van der Waals surface area contributed by atoms with Crippen LogP contribution in [0.25, 0.3) is 5.65 Å². The van der Waals surface area contributed by atoms with E-state index in [-0.39, 0.29) is 12.3 Å². The zero-order valence-electron chi connectivity index (χ0n) is 13.2. The van der Waals surface area contributed by atoms with E-state index >= 15 is 0 Å². The van der Waals surface area contributed by atoms with Gasteiger partial charge in [0.05, 0.1) is 12.0 Å². The summed E-state index contributed by atoms with van der Waals surface area (Å²) in [6, 6.07) is 3.48. The first-order chi connectivity index (χ1) is 11.0. The zero-order chi connectivity index (χ0) is 16.4. The Balaban J connectivity index is 1.83. The van der Waals surface area contributed by atoms with Gasteiger partial charge in [-0.15, -0.1) is 0 Å². The maximum Gasteiger partial charge on any atom is 0.305 e. The molecule has 1 aliphatic rings. The molecule has 6 heteroatoms. The summed E-state index contributed by atoms with van der Waals surface area (Å²) < 4.78 is 1.91. The van der Waals surface area contributed by atoms with E-state index < -0.39 is 11.5 Å². The number of amides is 1. The van der Waals surface area contributed by atoms with Crippen molar-refractivity contribution in [3.8, 4) is 0 Å². The molecule has 23 heavy (non-hydrogen) atoms. The highest BCUT2D eigenvalue weighted by Gasteiger charge is 2.36. The number of aliphatic carboxylic acids is 1. The molecular weight excluding hydrogens is 294 g/mol. The average Bonchev–Trinajstić information content (AvgIpc) is 2.88. The smallest absolute Gasteiger partial charge is 0.305 e. The largest absolute Gasteiger partial charge is 0.481 e. The van der Waals surface area contributed by atoms with Crippen LogP contribution in [-0.4, -0.2) is 31.9 Å². The lowest BCUT2D eigenvalue weighted by Gasteiger charge is -2.37. The van der Waals surface area contributed by atoms with Crippen molar-refractivity contribution in [3.63, 3.8) is 0 Å². The number of imidazole rings is 1. The summed E-state index contributed by atoms with van der Waals surface area (Å²) in [4.78, 5) is 28.1. The number of hydrogen-bond acceptors (Lipinski definition) is 3. The highest BCUT2D eigenvalue weighted by atomic mass is 16.4. The van der Waals surface area contributed by atoms with Crippen molar-refractivity contribution in [1.82, 2.24) is 14.7 Å². The van der Waals surface area contributed by atoms with Gasteiger partial charge in [0.1, 0.15) is 5.65 Å². The van der Waals surface area contributed by atoms with Crippen molar-refractivity contribution in [2.75, 3.05) is 0 Å². The maximum absolute atomic E-state index is 12.6. The second-order valence-corrected chi connectivity index (χ2v) is 6.41. The van der Waals surface area contributed by atoms with Crippen LogP contribution in [0.3, 0.4) is 0 Å². The van der Waals surface area contributed by atoms with Crippen molar-refractivity contribution >= 4 is 17.5 Å². The lowest BCUT2D eigenvalue weighted by atomic mass is 9.79. The molecule has 1 saturated carbocycles. The van der Waals surface area contributed by atoms with Crippen LogP contribution >= 0.6 is 0 Å². The van der Waals surface area contributed by atoms with Crippen LogP contribution in [0.4, 0.5) is 0 Å². The number of pyridine rings is 1. The van der Waals surface area contributed by atoms with Gasteiger partial charge in [0.25, 0.3) is 5.91 Å². The van der Waals surface area contributed by atoms with Gasteiger partial charge in [-0.25, -0.2) is 4.98 Å². The van der Waals surface area contributed by atoms with Gasteiger partial charge in [0.15, 0.2) is 0 Å². The Bertz CT molecular complexity index is 745. The van der Waals surface area contributed by atoms with Gasteiger partial charge < -0.3 is 14.8 Å². The molecule has 2 aromatic heterocycles. The molecule has 2 aromatic rings. The lowest BCUT2D eigenvalue weighted by molar-refractivity contribution is -0.139. The molecular formula is C17H21N3O3. The third-order valence-corrected chi connectivity index (χ3v) is 4.64. The first-order valence-electron chi connectivity index (χ1n) is 7.97. The van der Waals surface area contributed by atoms with Gasteiger partial charge >= 0.3 is 5.97 Å². The highest BCUT2D eigenvalue weighted by Crippen LogP contribution is 2.31. The van der Waals surface area contributed by atoms with Crippen molar-refractivity contribution in [2.24, 2.45) is 0 Å². The number of rotatable bonds is 4. The normalized spacial score (nSPS) is 17.1. The van der Waals surface area contributed by atoms with Crippen LogP contribution in [-0.2, 0) is 4.79 Å². The van der Waals surface area contributed by atoms with Crippen LogP contribution in [0.1, 0.15) is 54.6 Å². The van der Waals surface area contributed by atoms with Gasteiger partial charge in [0, 0.05) is 23.7 Å². The molecule has 3 rings (SSSR count). The monoisotopic (exact) mass is 315 g/mol. The predicted molar refractivity (Wildman–Crippen MR) is 85.5 cm³/mol. The number of carbonyl (C=O) groups is 2. The minimum Gasteiger partial charge on any atom is -0.481 e. The van der Waals surface area contributed by atoms with E-state index in [0.717, 1.165) is 37.8 Å². The van der Waals surface area contributed by atoms with Gasteiger partial charge in [-0.2, -0.15) is 0 Å². The average molecular weight is 315 g/mol. The molecule has 1 amide bonds. The molecule has 1 fully saturated rings. The molecule has 0 atom stereocenters. The first-order valence-corrected chi connectivity index (χ1v) is 7.97. The third kappa shape index (κ3) is 3.21. The number of nitrogens with one attached hydrogen (secondary N) is 1. The third-order valence-electron chi connectivity index (χ3n) is 4.64. The second kappa shape index (κ2) is 6.02. The zero-order valence-corrected chi connectivity index (χ0v) is 13.2. The standard InChI is InChI=1S/C17H21N3O3/c1-12-11-18-14-9-13(5-8-20(12)14)16(23)19-17(10-15(21)22)6-3-2-4-7-17/h5,8-9,11H,2-4,6-7,10H2,1H3,(H,19,23)(H,21,22). The molecule has 0 saturated heterocycles. The Morgan fingerprint density at radius 3 is 2.78 bits per heavy atom. The number of fused-ring (bicyclic) bond motifs is 1. The van der Waals surface area contributed by atoms with Gasteiger partial charge in [-0.05, 0) is 31.9 Å². The van der Waals surface area contributed by atoms with Crippen LogP contribution in [0.2, 0.25) is 0 Å². The fourth-order valence-electron chi connectivity index (χ4n) is 3.43. The number of hydrogen-bond donors (Lipinski definition) is 2. The van der Waals surface area contributed by atoms with Crippen LogP contribution in [0.5, 0.6) is 0 Å². The summed E-state index contributed by atoms with van der Waals surface area (Å²) in [5.41, 5.74) is 1.60. The summed E-state index contributed by atoms with van der Waals surface area (Å²) in [6.45, 7) is 1.95. The Morgan fingerprint density at radius 1 is 1.35 bits per heavy atom. The Labute approximate surface area is 134 Å². The van der Waals surface area contributed by atoms with Gasteiger partial charge in [-0.1, -0.05) is 19.3 Å². The van der Waals surface area contributed by atoms with Crippen LogP contribution in [0.15, 0.2) is 24.5 Å². The minimum atomic E-state index is -0.869. The Kier molecular flexibility index (Phi) is 4.07. The first kappa shape index (κ1) is 15.5. The number of aryl methyl sites for hydroxylation is 1. The molecule has 1 aliphatic carbocycles. The quantitative estimate of drug-likeness (QED) is 0.908. The molecule has 0 aromatic carbocycles. The molecule has 0 unspecified atom stereocenters. The fourth-order valence-corrected chi connectivity index (χ4v) is 3.43. The molecule has 0 bridgehead atoms. The molecule has 0 spiro atoms. The van der Waals surface area contributed by atoms with E-state index in [9.17, 15) is 14.7 Å². The summed E-state index contributed by atoms with van der Waals surface area (Å²) in [5.74, 6) is -1.09. The number of carbonyl (C=O) groups excluding carboxylic acids is 1. The molecule has 2 heterocycles. The predicted octanol–water partition coefficient (Wildman–Crippen LogP) is 2.55. The van der Waals surface area contributed by atoms with E-state index in [0.29, 0.717) is 11.2 Å². The van der Waals surface area contributed by atoms with E-state index in [2.05, 4.69) is 10.3 Å². The molecule has 0 aliphatic heterocycles. The summed E-state index contributed by atoms with van der Waals surface area (Å²) in [7, 11) is 0.